The van der Waals surface area contributed by atoms with Crippen LogP contribution in [0.1, 0.15) is 79.7 Å². The van der Waals surface area contributed by atoms with E-state index in [9.17, 15) is 24.5 Å². The fourth-order valence-electron chi connectivity index (χ4n) is 3.29. The predicted octanol–water partition coefficient (Wildman–Crippen LogP) is 3.86. The van der Waals surface area contributed by atoms with Crippen molar-refractivity contribution in [3.8, 4) is 11.5 Å². The average Bonchev–Trinajstić information content (AvgIpc) is 3.34. The summed E-state index contributed by atoms with van der Waals surface area (Å²) >= 11 is 0. The van der Waals surface area contributed by atoms with Crippen molar-refractivity contribution in [1.82, 2.24) is 15.0 Å². The Bertz CT molecular complexity index is 1140. The Balaban J connectivity index is 2.58. The Morgan fingerprint density at radius 1 is 0.946 bits per heavy atom. The maximum atomic E-state index is 13.5. The number of hydrogen-bond acceptors (Lipinski definition) is 12. The fourth-order valence-corrected chi connectivity index (χ4v) is 3.29. The zero-order valence-corrected chi connectivity index (χ0v) is 21.5. The van der Waals surface area contributed by atoms with E-state index in [1.165, 1.54) is 14.2 Å². The van der Waals surface area contributed by atoms with Gasteiger partial charge in [0.05, 0.1) is 31.8 Å². The number of hydrogen-bond donors (Lipinski definition) is 0. The molecule has 14 nitrogen and oxygen atoms in total. The summed E-state index contributed by atoms with van der Waals surface area (Å²) in [5.41, 5.74) is -2.08. The second-order valence-corrected chi connectivity index (χ2v) is 7.54. The molecule has 1 unspecified atom stereocenters. The molecule has 14 heteroatoms. The molecule has 1 atom stereocenters. The standard InChI is InChI=1S/C23H30N4O10/c1-7-13(8-2)36-23(30)37-18(9-3)26-24-19(20(25-26)22(29)35-10-4)21(28)14-11-16(33-5)17(34-6)12-15(14)27(31)32/h11-13,18H,7-10H2,1-6H3. The SMILES string of the molecule is CCOC(=O)c1nn(C(CC)OC(=O)OC(CC)CC)nc1C(=O)c1cc(OC)c(OC)cc1[N+](=O)[O-]. The third-order valence-electron chi connectivity index (χ3n) is 5.27. The number of nitro groups is 1. The second-order valence-electron chi connectivity index (χ2n) is 7.54. The number of methoxy groups -OCH3 is 2. The highest BCUT2D eigenvalue weighted by molar-refractivity contribution is 6.14. The van der Waals surface area contributed by atoms with E-state index in [1.54, 1.807) is 13.8 Å². The summed E-state index contributed by atoms with van der Waals surface area (Å²) in [7, 11) is 2.58. The van der Waals surface area contributed by atoms with Gasteiger partial charge < -0.3 is 23.7 Å². The maximum Gasteiger partial charge on any atom is 0.510 e. The van der Waals surface area contributed by atoms with Crippen LogP contribution in [0.2, 0.25) is 0 Å². The smallest absolute Gasteiger partial charge is 0.493 e. The molecule has 0 aliphatic carbocycles. The molecule has 37 heavy (non-hydrogen) atoms. The molecule has 0 N–H and O–H groups in total. The molecular weight excluding hydrogens is 492 g/mol. The van der Waals surface area contributed by atoms with Crippen molar-refractivity contribution < 1.29 is 43.0 Å². The van der Waals surface area contributed by atoms with E-state index in [2.05, 4.69) is 10.2 Å². The quantitative estimate of drug-likeness (QED) is 0.161. The minimum Gasteiger partial charge on any atom is -0.493 e. The number of rotatable bonds is 13. The summed E-state index contributed by atoms with van der Waals surface area (Å²) in [6, 6.07) is 2.13. The zero-order valence-electron chi connectivity index (χ0n) is 21.5. The van der Waals surface area contributed by atoms with Gasteiger partial charge in [-0.1, -0.05) is 20.8 Å². The summed E-state index contributed by atoms with van der Waals surface area (Å²) in [6.45, 7) is 6.87. The van der Waals surface area contributed by atoms with Gasteiger partial charge in [-0.2, -0.15) is 0 Å². The number of nitrogens with zero attached hydrogens (tertiary/aromatic N) is 4. The molecule has 2 aromatic rings. The first kappa shape index (κ1) is 29.0. The summed E-state index contributed by atoms with van der Waals surface area (Å²) in [6.07, 6.45) is -1.15. The fraction of sp³-hybridized carbons (Fsp3) is 0.522. The van der Waals surface area contributed by atoms with E-state index in [0.29, 0.717) is 12.8 Å². The van der Waals surface area contributed by atoms with Gasteiger partial charge in [0.1, 0.15) is 11.7 Å². The van der Waals surface area contributed by atoms with E-state index in [1.807, 2.05) is 13.8 Å². The third kappa shape index (κ3) is 6.71. The number of nitro benzene ring substituents is 1. The Kier molecular flexibility index (Phi) is 10.3. The summed E-state index contributed by atoms with van der Waals surface area (Å²) in [4.78, 5) is 50.2. The number of ether oxygens (including phenoxy) is 5. The first-order valence-corrected chi connectivity index (χ1v) is 11.6. The second kappa shape index (κ2) is 13.2. The van der Waals surface area contributed by atoms with Crippen LogP contribution < -0.4 is 9.47 Å². The number of ketones is 1. The minimum atomic E-state index is -1.14. The molecule has 0 spiro atoms. The van der Waals surface area contributed by atoms with Gasteiger partial charge >= 0.3 is 12.1 Å². The van der Waals surface area contributed by atoms with Crippen molar-refractivity contribution in [2.75, 3.05) is 20.8 Å². The molecule has 0 amide bonds. The maximum absolute atomic E-state index is 13.5. The molecule has 202 valence electrons. The molecule has 0 radical (unpaired) electrons. The van der Waals surface area contributed by atoms with Crippen LogP contribution in [0.3, 0.4) is 0 Å². The number of carbonyl (C=O) groups excluding carboxylic acids is 3. The van der Waals surface area contributed by atoms with E-state index >= 15 is 0 Å². The zero-order chi connectivity index (χ0) is 27.7. The summed E-state index contributed by atoms with van der Waals surface area (Å²) in [5, 5.41) is 19.8. The van der Waals surface area contributed by atoms with Gasteiger partial charge in [-0.3, -0.25) is 14.9 Å². The molecular formula is C23H30N4O10. The van der Waals surface area contributed by atoms with Crippen molar-refractivity contribution in [2.45, 2.75) is 59.3 Å². The molecule has 1 aromatic heterocycles. The molecule has 0 aliphatic rings. The third-order valence-corrected chi connectivity index (χ3v) is 5.27. The van der Waals surface area contributed by atoms with E-state index in [0.717, 1.165) is 16.9 Å². The highest BCUT2D eigenvalue weighted by atomic mass is 16.7. The first-order valence-electron chi connectivity index (χ1n) is 11.6. The van der Waals surface area contributed by atoms with Crippen molar-refractivity contribution in [2.24, 2.45) is 0 Å². The van der Waals surface area contributed by atoms with Gasteiger partial charge in [0.25, 0.3) is 5.69 Å². The van der Waals surface area contributed by atoms with Crippen LogP contribution >= 0.6 is 0 Å². The lowest BCUT2D eigenvalue weighted by Crippen LogP contribution is -2.23. The van der Waals surface area contributed by atoms with Crippen LogP contribution in [0.25, 0.3) is 0 Å². The lowest BCUT2D eigenvalue weighted by atomic mass is 10.0. The van der Waals surface area contributed by atoms with Crippen LogP contribution in [-0.4, -0.2) is 64.8 Å². The Morgan fingerprint density at radius 3 is 2.05 bits per heavy atom. The summed E-state index contributed by atoms with van der Waals surface area (Å²) < 4.78 is 25.8. The molecule has 0 saturated heterocycles. The Labute approximate surface area is 212 Å². The van der Waals surface area contributed by atoms with E-state index in [-0.39, 0.29) is 30.6 Å². The van der Waals surface area contributed by atoms with Crippen LogP contribution in [0.4, 0.5) is 10.5 Å². The van der Waals surface area contributed by atoms with Crippen LogP contribution in [-0.2, 0) is 14.2 Å². The van der Waals surface area contributed by atoms with Gasteiger partial charge in [-0.25, -0.2) is 9.59 Å². The van der Waals surface area contributed by atoms with Gasteiger partial charge in [0, 0.05) is 12.5 Å². The van der Waals surface area contributed by atoms with E-state index in [4.69, 9.17) is 23.7 Å². The van der Waals surface area contributed by atoms with Crippen molar-refractivity contribution in [3.63, 3.8) is 0 Å². The minimum absolute atomic E-state index is 0.0236. The van der Waals surface area contributed by atoms with Gasteiger partial charge in [-0.15, -0.1) is 15.0 Å². The normalized spacial score (nSPS) is 11.5. The van der Waals surface area contributed by atoms with E-state index < -0.39 is 51.7 Å². The van der Waals surface area contributed by atoms with Gasteiger partial charge in [-0.05, 0) is 19.8 Å². The first-order chi connectivity index (χ1) is 17.6. The number of esters is 1. The highest BCUT2D eigenvalue weighted by Gasteiger charge is 2.33. The molecule has 0 fully saturated rings. The lowest BCUT2D eigenvalue weighted by molar-refractivity contribution is -0.385. The van der Waals surface area contributed by atoms with Crippen LogP contribution in [0, 0.1) is 10.1 Å². The highest BCUT2D eigenvalue weighted by Crippen LogP contribution is 2.35. The molecule has 0 saturated carbocycles. The molecule has 0 aliphatic heterocycles. The Morgan fingerprint density at radius 2 is 1.54 bits per heavy atom. The summed E-state index contributed by atoms with van der Waals surface area (Å²) in [5.74, 6) is -1.93. The van der Waals surface area contributed by atoms with Crippen LogP contribution in [0.5, 0.6) is 11.5 Å². The lowest BCUT2D eigenvalue weighted by Gasteiger charge is -2.18. The molecule has 0 bridgehead atoms. The number of carbonyl (C=O) groups is 3. The predicted molar refractivity (Wildman–Crippen MR) is 127 cm³/mol. The van der Waals surface area contributed by atoms with Crippen molar-refractivity contribution in [3.05, 3.63) is 39.2 Å². The van der Waals surface area contributed by atoms with Gasteiger partial charge in [0.15, 0.2) is 17.2 Å². The topological polar surface area (TPSA) is 171 Å². The molecule has 1 heterocycles. The van der Waals surface area contributed by atoms with Crippen LogP contribution in [0.15, 0.2) is 12.1 Å². The molecule has 2 rings (SSSR count). The van der Waals surface area contributed by atoms with Crippen molar-refractivity contribution >= 4 is 23.6 Å². The van der Waals surface area contributed by atoms with Crippen molar-refractivity contribution in [1.29, 1.82) is 0 Å². The molecule has 1 aromatic carbocycles. The Hall–Kier alpha value is -4.23. The largest absolute Gasteiger partial charge is 0.510 e. The monoisotopic (exact) mass is 522 g/mol. The number of aromatic nitrogens is 3. The number of benzene rings is 1. The van der Waals surface area contributed by atoms with Gasteiger partial charge in [0.2, 0.25) is 17.7 Å². The average molecular weight is 523 g/mol.